The van der Waals surface area contributed by atoms with Gasteiger partial charge in [0.2, 0.25) is 0 Å². The van der Waals surface area contributed by atoms with Crippen molar-refractivity contribution in [2.45, 2.75) is 30.1 Å². The molecule has 0 heterocycles. The summed E-state index contributed by atoms with van der Waals surface area (Å²) in [4.78, 5) is 0. The van der Waals surface area contributed by atoms with E-state index in [1.54, 1.807) is 0 Å². The smallest absolute Gasteiger partial charge is 0.206 e. The van der Waals surface area contributed by atoms with Gasteiger partial charge in [0.05, 0.1) is 11.1 Å². The third-order valence-electron chi connectivity index (χ3n) is 5.08. The van der Waals surface area contributed by atoms with E-state index in [1.807, 2.05) is 0 Å². The van der Waals surface area contributed by atoms with E-state index in [-0.39, 0.29) is 0 Å². The van der Waals surface area contributed by atoms with Crippen molar-refractivity contribution in [3.8, 4) is 0 Å². The highest BCUT2D eigenvalue weighted by atomic mass is 19.4. The molecular formula is C19H2F18. The van der Waals surface area contributed by atoms with Crippen LogP contribution in [0.2, 0.25) is 0 Å². The highest BCUT2D eigenvalue weighted by molar-refractivity contribution is 6.01. The summed E-state index contributed by atoms with van der Waals surface area (Å²) in [5.41, 5.74) is -18.6. The first-order valence-electron chi connectivity index (χ1n) is 8.81. The fourth-order valence-corrected chi connectivity index (χ4v) is 3.52. The molecule has 37 heavy (non-hydrogen) atoms. The van der Waals surface area contributed by atoms with Crippen molar-refractivity contribution in [2.24, 2.45) is 0 Å². The third-order valence-corrected chi connectivity index (χ3v) is 5.08. The highest BCUT2D eigenvalue weighted by Gasteiger charge is 2.81. The van der Waals surface area contributed by atoms with Crippen molar-refractivity contribution in [1.82, 2.24) is 0 Å². The molecule has 3 rings (SSSR count). The fourth-order valence-electron chi connectivity index (χ4n) is 3.52. The van der Waals surface area contributed by atoms with Crippen LogP contribution in [0.5, 0.6) is 0 Å². The number of allylic oxidation sites excluding steroid dienone is 2. The lowest BCUT2D eigenvalue weighted by Gasteiger charge is -2.26. The number of hydrogen-bond acceptors (Lipinski definition) is 0. The zero-order valence-electron chi connectivity index (χ0n) is 16.5. The van der Waals surface area contributed by atoms with Crippen molar-refractivity contribution in [1.29, 1.82) is 0 Å². The van der Waals surface area contributed by atoms with Gasteiger partial charge in [-0.2, -0.15) is 52.7 Å². The van der Waals surface area contributed by atoms with Crippen LogP contribution < -0.4 is 0 Å². The van der Waals surface area contributed by atoms with E-state index in [4.69, 9.17) is 0 Å². The second-order valence-electron chi connectivity index (χ2n) is 7.29. The standard InChI is InChI=1S/C19H2F18/c20-4-1-3(2-5(21)8(4)17(30,31)32)7-9(16(28,29)19(36,37)15(7,26)27)6-11(22)13(24)10(18(33,34)35)14(25)12(6)23/h1-2H. The van der Waals surface area contributed by atoms with Gasteiger partial charge >= 0.3 is 30.1 Å². The maximum atomic E-state index is 14.5. The molecule has 2 aromatic rings. The third kappa shape index (κ3) is 3.81. The summed E-state index contributed by atoms with van der Waals surface area (Å²) in [7, 11) is 0. The minimum atomic E-state index is -6.85. The summed E-state index contributed by atoms with van der Waals surface area (Å²) in [6, 6.07) is -1.78. The van der Waals surface area contributed by atoms with Gasteiger partial charge in [0, 0.05) is 5.57 Å². The number of benzene rings is 2. The lowest BCUT2D eigenvalue weighted by Crippen LogP contribution is -2.49. The molecule has 0 N–H and O–H groups in total. The van der Waals surface area contributed by atoms with Crippen LogP contribution in [0.15, 0.2) is 12.1 Å². The molecule has 0 saturated heterocycles. The molecule has 18 heteroatoms. The van der Waals surface area contributed by atoms with Crippen LogP contribution in [0.3, 0.4) is 0 Å². The first-order chi connectivity index (χ1) is 16.4. The monoisotopic (exact) mass is 572 g/mol. The maximum absolute atomic E-state index is 14.5. The average molecular weight is 572 g/mol. The first kappa shape index (κ1) is 28.5. The van der Waals surface area contributed by atoms with Crippen LogP contribution in [0.25, 0.3) is 11.1 Å². The second kappa shape index (κ2) is 7.96. The molecule has 1 aliphatic rings. The fraction of sp³-hybridized carbons (Fsp3) is 0.263. The van der Waals surface area contributed by atoms with E-state index in [2.05, 4.69) is 0 Å². The molecule has 0 radical (unpaired) electrons. The Morgan fingerprint density at radius 2 is 0.838 bits per heavy atom. The molecule has 0 spiro atoms. The summed E-state index contributed by atoms with van der Waals surface area (Å²) in [5.74, 6) is -40.0. The maximum Gasteiger partial charge on any atom is 0.422 e. The van der Waals surface area contributed by atoms with Gasteiger partial charge in [-0.3, -0.25) is 0 Å². The van der Waals surface area contributed by atoms with Gasteiger partial charge in [0.1, 0.15) is 22.8 Å². The van der Waals surface area contributed by atoms with Gasteiger partial charge in [0.25, 0.3) is 0 Å². The Kier molecular flexibility index (Phi) is 6.13. The summed E-state index contributed by atoms with van der Waals surface area (Å²) in [5, 5.41) is 0. The van der Waals surface area contributed by atoms with Gasteiger partial charge in [0.15, 0.2) is 23.3 Å². The Morgan fingerprint density at radius 1 is 0.486 bits per heavy atom. The van der Waals surface area contributed by atoms with Crippen molar-refractivity contribution in [2.75, 3.05) is 0 Å². The van der Waals surface area contributed by atoms with Gasteiger partial charge in [-0.05, 0) is 17.7 Å². The Labute approximate surface area is 190 Å². The van der Waals surface area contributed by atoms with Gasteiger partial charge in [-0.1, -0.05) is 0 Å². The van der Waals surface area contributed by atoms with Crippen molar-refractivity contribution >= 4 is 11.1 Å². The lowest BCUT2D eigenvalue weighted by molar-refractivity contribution is -0.254. The molecule has 0 aliphatic heterocycles. The summed E-state index contributed by atoms with van der Waals surface area (Å²) >= 11 is 0. The molecule has 0 fully saturated rings. The molecule has 1 aliphatic carbocycles. The van der Waals surface area contributed by atoms with Gasteiger partial charge in [-0.15, -0.1) is 0 Å². The number of halogens is 18. The topological polar surface area (TPSA) is 0 Å². The van der Waals surface area contributed by atoms with Crippen LogP contribution in [0.4, 0.5) is 79.0 Å². The average Bonchev–Trinajstić information content (AvgIpc) is 2.78. The molecule has 0 unspecified atom stereocenters. The van der Waals surface area contributed by atoms with E-state index >= 15 is 0 Å². The Hall–Kier alpha value is -3.08. The van der Waals surface area contributed by atoms with Crippen LogP contribution in [0, 0.1) is 34.9 Å². The molecule has 0 nitrogen and oxygen atoms in total. The zero-order chi connectivity index (χ0) is 28.8. The molecule has 0 atom stereocenters. The Bertz CT molecular complexity index is 1270. The predicted octanol–water partition coefficient (Wildman–Crippen LogP) is 8.39. The minimum Gasteiger partial charge on any atom is -0.206 e. The Balaban J connectivity index is 2.59. The second-order valence-corrected chi connectivity index (χ2v) is 7.29. The van der Waals surface area contributed by atoms with Crippen LogP contribution in [-0.2, 0) is 12.4 Å². The quantitative estimate of drug-likeness (QED) is 0.251. The molecule has 0 bridgehead atoms. The van der Waals surface area contributed by atoms with E-state index < -0.39 is 111 Å². The number of rotatable bonds is 2. The van der Waals surface area contributed by atoms with Crippen molar-refractivity contribution < 1.29 is 79.0 Å². The molecule has 0 saturated carbocycles. The van der Waals surface area contributed by atoms with E-state index in [0.717, 1.165) is 0 Å². The molecular weight excluding hydrogens is 570 g/mol. The Morgan fingerprint density at radius 3 is 1.19 bits per heavy atom. The zero-order valence-corrected chi connectivity index (χ0v) is 16.5. The SMILES string of the molecule is Fc1cc(C2=C(c3c(F)c(F)c(C(F)(F)F)c(F)c3F)C(F)(F)C(F)(F)C2(F)F)cc(F)c1C(F)(F)F. The van der Waals surface area contributed by atoms with E-state index in [1.165, 1.54) is 0 Å². The van der Waals surface area contributed by atoms with Gasteiger partial charge < -0.3 is 0 Å². The summed E-state index contributed by atoms with van der Waals surface area (Å²) in [6.07, 6.45) is -12.2. The first-order valence-corrected chi connectivity index (χ1v) is 8.81. The van der Waals surface area contributed by atoms with Crippen LogP contribution in [-0.4, -0.2) is 17.8 Å². The summed E-state index contributed by atoms with van der Waals surface area (Å²) < 4.78 is 247. The molecule has 204 valence electrons. The molecule has 2 aromatic carbocycles. The van der Waals surface area contributed by atoms with Crippen LogP contribution >= 0.6 is 0 Å². The normalized spacial score (nSPS) is 19.1. The molecule has 0 aromatic heterocycles. The predicted molar refractivity (Wildman–Crippen MR) is 84.3 cm³/mol. The number of alkyl halides is 12. The van der Waals surface area contributed by atoms with Crippen LogP contribution in [0.1, 0.15) is 22.3 Å². The van der Waals surface area contributed by atoms with E-state index in [0.29, 0.717) is 0 Å². The lowest BCUT2D eigenvalue weighted by atomic mass is 9.92. The highest BCUT2D eigenvalue weighted by Crippen LogP contribution is 2.65. The summed E-state index contributed by atoms with van der Waals surface area (Å²) in [6.45, 7) is 0. The van der Waals surface area contributed by atoms with E-state index in [9.17, 15) is 79.0 Å². The molecule has 0 amide bonds. The van der Waals surface area contributed by atoms with Crippen molar-refractivity contribution in [3.63, 3.8) is 0 Å². The minimum absolute atomic E-state index is 0.890. The largest absolute Gasteiger partial charge is 0.422 e. The van der Waals surface area contributed by atoms with Gasteiger partial charge in [-0.25, -0.2) is 26.3 Å². The number of hydrogen-bond donors (Lipinski definition) is 0. The van der Waals surface area contributed by atoms with Crippen molar-refractivity contribution in [3.05, 3.63) is 69.3 Å².